The third-order valence-electron chi connectivity index (χ3n) is 3.34. The van der Waals surface area contributed by atoms with Gasteiger partial charge in [0.2, 0.25) is 0 Å². The molecule has 2 rings (SSSR count). The summed E-state index contributed by atoms with van der Waals surface area (Å²) in [5.41, 5.74) is 1.08. The van der Waals surface area contributed by atoms with Crippen LogP contribution in [0.25, 0.3) is 0 Å². The van der Waals surface area contributed by atoms with E-state index >= 15 is 0 Å². The molecule has 0 bridgehead atoms. The molecule has 0 aliphatic carbocycles. The van der Waals surface area contributed by atoms with E-state index in [1.165, 1.54) is 0 Å². The molecule has 6 nitrogen and oxygen atoms in total. The van der Waals surface area contributed by atoms with Crippen LogP contribution >= 0.6 is 0 Å². The van der Waals surface area contributed by atoms with Gasteiger partial charge in [-0.15, -0.1) is 5.92 Å². The molecule has 1 aliphatic rings. The molecule has 1 aromatic rings. The quantitative estimate of drug-likeness (QED) is 0.731. The molecule has 2 heterocycles. The van der Waals surface area contributed by atoms with E-state index in [0.717, 1.165) is 5.69 Å². The largest absolute Gasteiger partial charge is 0.444 e. The number of ether oxygens (including phenoxy) is 1. The zero-order valence-corrected chi connectivity index (χ0v) is 13.9. The number of aromatic amines is 1. The Balaban J connectivity index is 1.88. The second-order valence-electron chi connectivity index (χ2n) is 6.61. The third kappa shape index (κ3) is 4.78. The summed E-state index contributed by atoms with van der Waals surface area (Å²) in [6.07, 6.45) is 1.90. The Morgan fingerprint density at radius 2 is 2.26 bits per heavy atom. The number of rotatable bonds is 2. The Hall–Kier alpha value is -2.42. The van der Waals surface area contributed by atoms with Crippen molar-refractivity contribution in [1.82, 2.24) is 15.6 Å². The number of hydrogen-bond acceptors (Lipinski definition) is 3. The molecule has 23 heavy (non-hydrogen) atoms. The lowest BCUT2D eigenvalue weighted by Crippen LogP contribution is -2.37. The van der Waals surface area contributed by atoms with E-state index in [1.807, 2.05) is 20.8 Å². The highest BCUT2D eigenvalue weighted by molar-refractivity contribution is 5.96. The Morgan fingerprint density at radius 1 is 1.52 bits per heavy atom. The van der Waals surface area contributed by atoms with Crippen molar-refractivity contribution in [2.24, 2.45) is 0 Å². The highest BCUT2D eigenvalue weighted by Crippen LogP contribution is 2.24. The van der Waals surface area contributed by atoms with E-state index in [2.05, 4.69) is 27.5 Å². The molecule has 6 heteroatoms. The molecule has 2 atom stereocenters. The number of hydrogen-bond donors (Lipinski definition) is 3. The smallest absolute Gasteiger partial charge is 0.408 e. The fourth-order valence-electron chi connectivity index (χ4n) is 2.36. The molecule has 0 spiro atoms. The number of H-pyrrole nitrogens is 1. The second kappa shape index (κ2) is 6.78. The maximum atomic E-state index is 11.7. The molecule has 1 aromatic heterocycles. The average Bonchev–Trinajstić information content (AvgIpc) is 2.89. The van der Waals surface area contributed by atoms with Crippen molar-refractivity contribution in [1.29, 1.82) is 0 Å². The van der Waals surface area contributed by atoms with Crippen molar-refractivity contribution < 1.29 is 14.3 Å². The first-order chi connectivity index (χ1) is 10.8. The van der Waals surface area contributed by atoms with Gasteiger partial charge in [0.05, 0.1) is 11.6 Å². The number of carbonyl (C=O) groups is 2. The Kier molecular flexibility index (Phi) is 4.99. The molecular weight excluding hydrogens is 294 g/mol. The maximum absolute atomic E-state index is 11.7. The zero-order chi connectivity index (χ0) is 17.0. The van der Waals surface area contributed by atoms with Gasteiger partial charge in [0.1, 0.15) is 5.60 Å². The number of nitrogens with one attached hydrogen (secondary N) is 3. The van der Waals surface area contributed by atoms with E-state index in [9.17, 15) is 9.59 Å². The number of alkyl carbamates (subject to hydrolysis) is 1. The van der Waals surface area contributed by atoms with Crippen LogP contribution in [0.15, 0.2) is 12.3 Å². The van der Waals surface area contributed by atoms with E-state index in [0.29, 0.717) is 18.5 Å². The minimum atomic E-state index is -0.526. The molecule has 1 aliphatic heterocycles. The molecule has 0 saturated carbocycles. The van der Waals surface area contributed by atoms with Gasteiger partial charge in [-0.1, -0.05) is 5.92 Å². The molecule has 124 valence electrons. The molecule has 0 fully saturated rings. The van der Waals surface area contributed by atoms with Crippen LogP contribution in [0, 0.1) is 11.8 Å². The Bertz CT molecular complexity index is 646. The standard InChI is InChI=1S/C17H23N3O3/c1-11(20-16(22)23-17(2,3)4)6-5-7-12-10-19-15(21)13-8-9-18-14(12)13/h8-9,11-12,18H,7,10H2,1-4H3,(H,19,21)(H,20,22)/t11-,12?/m1/s1. The molecule has 0 saturated heterocycles. The SMILES string of the molecule is C[C@H](C#CCC1CNC(=O)c2cc[nH]c21)NC(=O)OC(C)(C)C. The van der Waals surface area contributed by atoms with E-state index in [1.54, 1.807) is 19.2 Å². The van der Waals surface area contributed by atoms with Gasteiger partial charge in [0.25, 0.3) is 5.91 Å². The molecule has 3 N–H and O–H groups in total. The lowest BCUT2D eigenvalue weighted by Gasteiger charge is -2.21. The number of fused-ring (bicyclic) bond motifs is 1. The fourth-order valence-corrected chi connectivity index (χ4v) is 2.36. The Labute approximate surface area is 136 Å². The molecule has 0 radical (unpaired) electrons. The maximum Gasteiger partial charge on any atom is 0.408 e. The van der Waals surface area contributed by atoms with Crippen molar-refractivity contribution in [2.45, 2.75) is 51.7 Å². The van der Waals surface area contributed by atoms with Gasteiger partial charge in [-0.2, -0.15) is 0 Å². The van der Waals surface area contributed by atoms with Crippen LogP contribution in [0.2, 0.25) is 0 Å². The average molecular weight is 317 g/mol. The van der Waals surface area contributed by atoms with Gasteiger partial charge in [-0.05, 0) is 33.8 Å². The highest BCUT2D eigenvalue weighted by Gasteiger charge is 2.25. The fraction of sp³-hybridized carbons (Fsp3) is 0.529. The summed E-state index contributed by atoms with van der Waals surface area (Å²) in [5.74, 6) is 6.16. The van der Waals surface area contributed by atoms with Crippen LogP contribution < -0.4 is 10.6 Å². The summed E-state index contributed by atoms with van der Waals surface area (Å²) in [6.45, 7) is 7.81. The minimum Gasteiger partial charge on any atom is -0.444 e. The summed E-state index contributed by atoms with van der Waals surface area (Å²) < 4.78 is 5.18. The van der Waals surface area contributed by atoms with Crippen LogP contribution in [-0.2, 0) is 4.74 Å². The van der Waals surface area contributed by atoms with Gasteiger partial charge in [0.15, 0.2) is 0 Å². The van der Waals surface area contributed by atoms with Gasteiger partial charge >= 0.3 is 6.09 Å². The van der Waals surface area contributed by atoms with Crippen LogP contribution in [-0.4, -0.2) is 35.2 Å². The molecular formula is C17H23N3O3. The topological polar surface area (TPSA) is 83.2 Å². The number of amides is 2. The van der Waals surface area contributed by atoms with E-state index in [-0.39, 0.29) is 17.9 Å². The van der Waals surface area contributed by atoms with Crippen LogP contribution in [0.3, 0.4) is 0 Å². The first-order valence-electron chi connectivity index (χ1n) is 7.69. The van der Waals surface area contributed by atoms with Gasteiger partial charge in [-0.3, -0.25) is 4.79 Å². The lowest BCUT2D eigenvalue weighted by atomic mass is 9.94. The highest BCUT2D eigenvalue weighted by atomic mass is 16.6. The van der Waals surface area contributed by atoms with Crippen molar-refractivity contribution in [3.05, 3.63) is 23.5 Å². The van der Waals surface area contributed by atoms with E-state index < -0.39 is 11.7 Å². The second-order valence-corrected chi connectivity index (χ2v) is 6.61. The predicted molar refractivity (Wildman–Crippen MR) is 87.1 cm³/mol. The van der Waals surface area contributed by atoms with Crippen molar-refractivity contribution in [3.63, 3.8) is 0 Å². The summed E-state index contributed by atoms with van der Waals surface area (Å²) in [7, 11) is 0. The minimum absolute atomic E-state index is 0.0505. The molecule has 0 aromatic carbocycles. The summed E-state index contributed by atoms with van der Waals surface area (Å²) in [5, 5.41) is 5.54. The van der Waals surface area contributed by atoms with Gasteiger partial charge in [0, 0.05) is 30.8 Å². The van der Waals surface area contributed by atoms with Crippen molar-refractivity contribution in [3.8, 4) is 11.8 Å². The third-order valence-corrected chi connectivity index (χ3v) is 3.34. The predicted octanol–water partition coefficient (Wildman–Crippen LogP) is 2.15. The molecule has 1 unspecified atom stereocenters. The van der Waals surface area contributed by atoms with Crippen LogP contribution in [0.5, 0.6) is 0 Å². The van der Waals surface area contributed by atoms with E-state index in [4.69, 9.17) is 4.74 Å². The molecule has 2 amide bonds. The summed E-state index contributed by atoms with van der Waals surface area (Å²) in [6, 6.07) is 1.47. The normalized spacial score (nSPS) is 18.1. The first kappa shape index (κ1) is 16.9. The van der Waals surface area contributed by atoms with Crippen molar-refractivity contribution >= 4 is 12.0 Å². The monoisotopic (exact) mass is 317 g/mol. The van der Waals surface area contributed by atoms with Crippen LogP contribution in [0.1, 0.15) is 56.1 Å². The zero-order valence-electron chi connectivity index (χ0n) is 13.9. The lowest BCUT2D eigenvalue weighted by molar-refractivity contribution is 0.0519. The number of aromatic nitrogens is 1. The van der Waals surface area contributed by atoms with Gasteiger partial charge < -0.3 is 20.4 Å². The summed E-state index contributed by atoms with van der Waals surface area (Å²) in [4.78, 5) is 26.4. The number of carbonyl (C=O) groups excluding carboxylic acids is 2. The van der Waals surface area contributed by atoms with Crippen LogP contribution in [0.4, 0.5) is 4.79 Å². The van der Waals surface area contributed by atoms with Gasteiger partial charge in [-0.25, -0.2) is 4.79 Å². The summed E-state index contributed by atoms with van der Waals surface area (Å²) >= 11 is 0. The first-order valence-corrected chi connectivity index (χ1v) is 7.69. The Morgan fingerprint density at radius 3 is 2.96 bits per heavy atom. The van der Waals surface area contributed by atoms with Crippen molar-refractivity contribution in [2.75, 3.05) is 6.54 Å².